The fraction of sp³-hybridized carbons (Fsp3) is 0.913. The highest BCUT2D eigenvalue weighted by molar-refractivity contribution is 5.87. The Balaban J connectivity index is 1.43. The van der Waals surface area contributed by atoms with Crippen molar-refractivity contribution < 1.29 is 9.53 Å². The first-order valence-corrected chi connectivity index (χ1v) is 11.2. The van der Waals surface area contributed by atoms with Crippen molar-refractivity contribution in [3.8, 4) is 0 Å². The Hall–Kier alpha value is -0.740. The number of aliphatic imine (C=N–C) groups is 1. The molecule has 0 amide bonds. The van der Waals surface area contributed by atoms with E-state index >= 15 is 0 Å². The van der Waals surface area contributed by atoms with Crippen LogP contribution in [0, 0.1) is 34.5 Å². The van der Waals surface area contributed by atoms with Gasteiger partial charge in [-0.25, -0.2) is 0 Å². The minimum Gasteiger partial charge on any atom is -0.358 e. The lowest BCUT2D eigenvalue weighted by molar-refractivity contribution is -0.136. The van der Waals surface area contributed by atoms with Crippen molar-refractivity contribution in [2.75, 3.05) is 13.3 Å². The highest BCUT2D eigenvalue weighted by atomic mass is 16.5. The first-order chi connectivity index (χ1) is 12.8. The molecule has 0 aromatic carbocycles. The zero-order chi connectivity index (χ0) is 19.2. The van der Waals surface area contributed by atoms with E-state index in [0.717, 1.165) is 49.9 Å². The molecule has 7 atom stereocenters. The zero-order valence-corrected chi connectivity index (χ0v) is 17.5. The van der Waals surface area contributed by atoms with E-state index in [9.17, 15) is 4.79 Å². The molecule has 5 unspecified atom stereocenters. The minimum atomic E-state index is 0.00309. The Morgan fingerprint density at radius 1 is 1.15 bits per heavy atom. The van der Waals surface area contributed by atoms with Crippen molar-refractivity contribution in [3.05, 3.63) is 0 Å². The predicted octanol–water partition coefficient (Wildman–Crippen LogP) is 4.36. The molecule has 0 spiro atoms. The van der Waals surface area contributed by atoms with Gasteiger partial charge < -0.3 is 10.5 Å². The summed E-state index contributed by atoms with van der Waals surface area (Å²) in [5.41, 5.74) is 7.55. The SMILES string of the molecule is CC(N)COCN=C1CC[C@@]2(C)C(CCC3C2CC[C@]2(C)C(=O)CCC32)C1. The van der Waals surface area contributed by atoms with E-state index in [1.165, 1.54) is 31.4 Å². The molecule has 0 aliphatic heterocycles. The van der Waals surface area contributed by atoms with Crippen LogP contribution in [0.15, 0.2) is 4.99 Å². The maximum Gasteiger partial charge on any atom is 0.139 e. The third-order valence-electron chi connectivity index (χ3n) is 8.97. The van der Waals surface area contributed by atoms with Crippen LogP contribution < -0.4 is 5.73 Å². The van der Waals surface area contributed by atoms with Crippen molar-refractivity contribution in [2.24, 2.45) is 45.2 Å². The molecule has 0 heterocycles. The normalized spacial score (nSPS) is 46.7. The van der Waals surface area contributed by atoms with Crippen molar-refractivity contribution in [1.29, 1.82) is 0 Å². The smallest absolute Gasteiger partial charge is 0.139 e. The molecular weight excluding hydrogens is 336 g/mol. The molecule has 4 aliphatic carbocycles. The van der Waals surface area contributed by atoms with Crippen molar-refractivity contribution in [2.45, 2.75) is 84.6 Å². The van der Waals surface area contributed by atoms with Crippen molar-refractivity contribution >= 4 is 11.5 Å². The molecule has 4 heteroatoms. The predicted molar refractivity (Wildman–Crippen MR) is 109 cm³/mol. The Morgan fingerprint density at radius 3 is 2.74 bits per heavy atom. The van der Waals surface area contributed by atoms with Crippen LogP contribution in [0.2, 0.25) is 0 Å². The van der Waals surface area contributed by atoms with Crippen LogP contribution in [0.3, 0.4) is 0 Å². The van der Waals surface area contributed by atoms with Gasteiger partial charge in [-0.2, -0.15) is 0 Å². The highest BCUT2D eigenvalue weighted by Gasteiger charge is 2.59. The Morgan fingerprint density at radius 2 is 1.96 bits per heavy atom. The van der Waals surface area contributed by atoms with Gasteiger partial charge in [0.1, 0.15) is 12.5 Å². The number of hydrogen-bond donors (Lipinski definition) is 1. The maximum absolute atomic E-state index is 12.5. The number of carbonyl (C=O) groups excluding carboxylic acids is 1. The molecule has 4 saturated carbocycles. The monoisotopic (exact) mass is 374 g/mol. The Labute approximate surface area is 164 Å². The average molecular weight is 375 g/mol. The second-order valence-corrected chi connectivity index (χ2v) is 10.5. The van der Waals surface area contributed by atoms with Crippen molar-refractivity contribution in [1.82, 2.24) is 0 Å². The molecule has 27 heavy (non-hydrogen) atoms. The second kappa shape index (κ2) is 7.26. The average Bonchev–Trinajstić information content (AvgIpc) is 2.94. The largest absolute Gasteiger partial charge is 0.358 e. The molecule has 2 N–H and O–H groups in total. The molecule has 4 aliphatic rings. The van der Waals surface area contributed by atoms with E-state index in [2.05, 4.69) is 13.8 Å². The van der Waals surface area contributed by atoms with Gasteiger partial charge in [-0.05, 0) is 87.4 Å². The van der Waals surface area contributed by atoms with Gasteiger partial charge in [-0.15, -0.1) is 0 Å². The standard InChI is InChI=1S/C23H38N2O2/c1-15(24)13-27-14-25-17-8-10-22(2)16(12-17)4-5-18-19-6-7-21(26)23(19,3)11-9-20(18)22/h15-16,18-20H,4-14,24H2,1-3H3/t15?,16?,18?,19?,20?,22-,23-/m0/s1. The molecule has 0 aromatic heterocycles. The number of fused-ring (bicyclic) bond motifs is 5. The van der Waals surface area contributed by atoms with Gasteiger partial charge in [-0.1, -0.05) is 13.8 Å². The number of hydrogen-bond acceptors (Lipinski definition) is 4. The first kappa shape index (κ1) is 19.6. The molecule has 4 rings (SSSR count). The van der Waals surface area contributed by atoms with Gasteiger partial charge in [0, 0.05) is 23.6 Å². The first-order valence-electron chi connectivity index (χ1n) is 11.2. The molecule has 4 nitrogen and oxygen atoms in total. The molecule has 0 saturated heterocycles. The number of nitrogens with two attached hydrogens (primary N) is 1. The summed E-state index contributed by atoms with van der Waals surface area (Å²) in [6.45, 7) is 7.86. The number of rotatable bonds is 4. The summed E-state index contributed by atoms with van der Waals surface area (Å²) >= 11 is 0. The Kier molecular flexibility index (Phi) is 5.26. The lowest BCUT2D eigenvalue weighted by Gasteiger charge is -2.59. The van der Waals surface area contributed by atoms with Gasteiger partial charge in [0.15, 0.2) is 0 Å². The zero-order valence-electron chi connectivity index (χ0n) is 17.5. The number of carbonyl (C=O) groups is 1. The third kappa shape index (κ3) is 3.31. The van der Waals surface area contributed by atoms with E-state index in [4.69, 9.17) is 15.5 Å². The van der Waals surface area contributed by atoms with E-state index < -0.39 is 0 Å². The highest BCUT2D eigenvalue weighted by Crippen LogP contribution is 2.65. The van der Waals surface area contributed by atoms with Gasteiger partial charge in [0.2, 0.25) is 0 Å². The summed E-state index contributed by atoms with van der Waals surface area (Å²) in [6.07, 6.45) is 10.6. The van der Waals surface area contributed by atoms with Crippen LogP contribution in [0.4, 0.5) is 0 Å². The van der Waals surface area contributed by atoms with Crippen LogP contribution in [0.1, 0.15) is 78.6 Å². The van der Waals surface area contributed by atoms with E-state index in [1.54, 1.807) is 0 Å². The number of nitrogens with zero attached hydrogens (tertiary/aromatic N) is 1. The third-order valence-corrected chi connectivity index (χ3v) is 8.97. The summed E-state index contributed by atoms with van der Waals surface area (Å²) in [5.74, 6) is 3.58. The second-order valence-electron chi connectivity index (χ2n) is 10.5. The fourth-order valence-electron chi connectivity index (χ4n) is 7.35. The Bertz CT molecular complexity index is 615. The molecule has 152 valence electrons. The lowest BCUT2D eigenvalue weighted by Crippen LogP contribution is -2.53. The molecule has 0 radical (unpaired) electrons. The quantitative estimate of drug-likeness (QED) is 0.744. The summed E-state index contributed by atoms with van der Waals surface area (Å²) in [5, 5.41) is 0. The molecular formula is C23H38N2O2. The van der Waals surface area contributed by atoms with Gasteiger partial charge in [0.05, 0.1) is 6.61 Å². The van der Waals surface area contributed by atoms with Crippen LogP contribution in [0.25, 0.3) is 0 Å². The van der Waals surface area contributed by atoms with Crippen LogP contribution in [0.5, 0.6) is 0 Å². The lowest BCUT2D eigenvalue weighted by atomic mass is 9.45. The topological polar surface area (TPSA) is 64.7 Å². The van der Waals surface area contributed by atoms with E-state index in [0.29, 0.717) is 30.5 Å². The molecule has 0 aromatic rings. The van der Waals surface area contributed by atoms with Crippen LogP contribution in [-0.2, 0) is 9.53 Å². The summed E-state index contributed by atoms with van der Waals surface area (Å²) in [7, 11) is 0. The minimum absolute atomic E-state index is 0.00309. The number of ketones is 1. The van der Waals surface area contributed by atoms with Crippen molar-refractivity contribution in [3.63, 3.8) is 0 Å². The van der Waals surface area contributed by atoms with Crippen LogP contribution in [-0.4, -0.2) is 30.9 Å². The summed E-state index contributed by atoms with van der Waals surface area (Å²) in [4.78, 5) is 17.3. The van der Waals surface area contributed by atoms with E-state index in [-0.39, 0.29) is 11.5 Å². The number of Topliss-reactive ketones (excluding diaryl/α,β-unsaturated/α-hetero) is 1. The fourth-order valence-corrected chi connectivity index (χ4v) is 7.35. The van der Waals surface area contributed by atoms with Gasteiger partial charge in [0.25, 0.3) is 0 Å². The van der Waals surface area contributed by atoms with Gasteiger partial charge in [-0.3, -0.25) is 9.79 Å². The van der Waals surface area contributed by atoms with Crippen LogP contribution >= 0.6 is 0 Å². The summed E-state index contributed by atoms with van der Waals surface area (Å²) in [6, 6.07) is 0.0783. The van der Waals surface area contributed by atoms with Gasteiger partial charge >= 0.3 is 0 Å². The van der Waals surface area contributed by atoms with E-state index in [1.807, 2.05) is 6.92 Å². The maximum atomic E-state index is 12.5. The molecule has 0 bridgehead atoms. The summed E-state index contributed by atoms with van der Waals surface area (Å²) < 4.78 is 5.57. The molecule has 4 fully saturated rings. The number of ether oxygens (including phenoxy) is 1.